The molecular weight excluding hydrogens is 335 g/mol. The molecule has 0 aliphatic carbocycles. The van der Waals surface area contributed by atoms with Crippen molar-refractivity contribution in [3.05, 3.63) is 52.5 Å². The summed E-state index contributed by atoms with van der Waals surface area (Å²) in [7, 11) is 0. The lowest BCUT2D eigenvalue weighted by molar-refractivity contribution is -0.127. The zero-order valence-electron chi connectivity index (χ0n) is 12.1. The van der Waals surface area contributed by atoms with Crippen LogP contribution in [-0.2, 0) is 9.59 Å². The van der Waals surface area contributed by atoms with E-state index in [2.05, 4.69) is 5.32 Å². The average Bonchev–Trinajstić information content (AvgIpc) is 2.49. The zero-order chi connectivity index (χ0) is 17.0. The fourth-order valence-corrected chi connectivity index (χ4v) is 2.42. The minimum absolute atomic E-state index is 0.302. The van der Waals surface area contributed by atoms with Crippen LogP contribution in [-0.4, -0.2) is 11.7 Å². The lowest BCUT2D eigenvalue weighted by atomic mass is 10.0. The van der Waals surface area contributed by atoms with E-state index in [1.807, 2.05) is 12.1 Å². The Balaban J connectivity index is 2.25. The van der Waals surface area contributed by atoms with Crippen LogP contribution in [0.25, 0.3) is 11.1 Å². The lowest BCUT2D eigenvalue weighted by Crippen LogP contribution is -2.27. The molecule has 0 fully saturated rings. The molecule has 0 spiro atoms. The second kappa shape index (κ2) is 7.28. The van der Waals surface area contributed by atoms with Crippen molar-refractivity contribution in [1.82, 2.24) is 0 Å². The quantitative estimate of drug-likeness (QED) is 0.837. The number of carbonyl (C=O) groups is 2. The van der Waals surface area contributed by atoms with Crippen LogP contribution in [0.2, 0.25) is 10.0 Å². The summed E-state index contributed by atoms with van der Waals surface area (Å²) in [5.74, 6) is -2.56. The van der Waals surface area contributed by atoms with E-state index in [1.54, 1.807) is 36.4 Å². The van der Waals surface area contributed by atoms with Crippen molar-refractivity contribution >= 4 is 40.6 Å². The fraction of sp³-hybridized carbons (Fsp3) is 0.118. The number of amides is 1. The molecule has 0 aromatic heterocycles. The average molecular weight is 347 g/mol. The first kappa shape index (κ1) is 17.0. The van der Waals surface area contributed by atoms with E-state index >= 15 is 0 Å². The summed E-state index contributed by atoms with van der Waals surface area (Å²) in [5, 5.41) is 12.3. The van der Waals surface area contributed by atoms with Gasteiger partial charge < -0.3 is 5.32 Å². The van der Waals surface area contributed by atoms with Gasteiger partial charge in [-0.2, -0.15) is 5.26 Å². The van der Waals surface area contributed by atoms with Crippen LogP contribution >= 0.6 is 23.2 Å². The summed E-state index contributed by atoms with van der Waals surface area (Å²) in [6, 6.07) is 14.0. The second-order valence-corrected chi connectivity index (χ2v) is 5.71. The number of nitriles is 1. The Labute approximate surface area is 143 Å². The molecule has 116 valence electrons. The van der Waals surface area contributed by atoms with Gasteiger partial charge in [-0.15, -0.1) is 0 Å². The molecule has 2 rings (SSSR count). The number of ketones is 1. The maximum Gasteiger partial charge on any atom is 0.249 e. The molecule has 0 aliphatic heterocycles. The van der Waals surface area contributed by atoms with Gasteiger partial charge in [0.05, 0.1) is 16.8 Å². The summed E-state index contributed by atoms with van der Waals surface area (Å²) < 4.78 is 0. The first-order chi connectivity index (χ1) is 10.9. The Morgan fingerprint density at radius 2 is 1.83 bits per heavy atom. The molecule has 0 saturated carbocycles. The third-order valence-electron chi connectivity index (χ3n) is 3.18. The molecule has 2 aromatic rings. The number of hydrogen-bond acceptors (Lipinski definition) is 3. The molecule has 23 heavy (non-hydrogen) atoms. The minimum Gasteiger partial charge on any atom is -0.323 e. The number of nitrogens with zero attached hydrogens (tertiary/aromatic N) is 1. The molecule has 1 atom stereocenters. The standard InChI is InChI=1S/C17H12Cl2N2O2/c1-10(22)14(9-20)17(23)21-16-6-5-12(8-15(16)19)11-3-2-4-13(18)7-11/h2-8,14H,1H3,(H,21,23). The fourth-order valence-electron chi connectivity index (χ4n) is 2.00. The van der Waals surface area contributed by atoms with Gasteiger partial charge in [-0.05, 0) is 42.3 Å². The van der Waals surface area contributed by atoms with Gasteiger partial charge in [-0.3, -0.25) is 9.59 Å². The van der Waals surface area contributed by atoms with Crippen LogP contribution in [0.4, 0.5) is 5.69 Å². The van der Waals surface area contributed by atoms with E-state index in [4.69, 9.17) is 28.5 Å². The molecule has 1 N–H and O–H groups in total. The van der Waals surface area contributed by atoms with Gasteiger partial charge in [-0.25, -0.2) is 0 Å². The van der Waals surface area contributed by atoms with Crippen molar-refractivity contribution in [2.45, 2.75) is 6.92 Å². The largest absolute Gasteiger partial charge is 0.323 e. The highest BCUT2D eigenvalue weighted by atomic mass is 35.5. The molecular formula is C17H12Cl2N2O2. The summed E-state index contributed by atoms with van der Waals surface area (Å²) in [6.07, 6.45) is 0. The molecule has 0 heterocycles. The summed E-state index contributed by atoms with van der Waals surface area (Å²) >= 11 is 12.1. The van der Waals surface area contributed by atoms with Gasteiger partial charge in [0, 0.05) is 5.02 Å². The van der Waals surface area contributed by atoms with Crippen LogP contribution in [0.5, 0.6) is 0 Å². The van der Waals surface area contributed by atoms with Crippen LogP contribution in [0.1, 0.15) is 6.92 Å². The minimum atomic E-state index is -1.35. The van der Waals surface area contributed by atoms with Crippen molar-refractivity contribution in [3.8, 4) is 17.2 Å². The highest BCUT2D eigenvalue weighted by Gasteiger charge is 2.23. The Kier molecular flexibility index (Phi) is 5.38. The van der Waals surface area contributed by atoms with Gasteiger partial charge >= 0.3 is 0 Å². The van der Waals surface area contributed by atoms with Crippen LogP contribution in [0.3, 0.4) is 0 Å². The number of hydrogen-bond donors (Lipinski definition) is 1. The van der Waals surface area contributed by atoms with Crippen molar-refractivity contribution in [1.29, 1.82) is 5.26 Å². The highest BCUT2D eigenvalue weighted by molar-refractivity contribution is 6.34. The number of anilines is 1. The molecule has 1 amide bonds. The Morgan fingerprint density at radius 3 is 2.39 bits per heavy atom. The number of nitrogens with one attached hydrogen (secondary N) is 1. The summed E-state index contributed by atoms with van der Waals surface area (Å²) in [4.78, 5) is 23.1. The first-order valence-electron chi connectivity index (χ1n) is 6.69. The smallest absolute Gasteiger partial charge is 0.249 e. The molecule has 0 radical (unpaired) electrons. The second-order valence-electron chi connectivity index (χ2n) is 4.87. The lowest BCUT2D eigenvalue weighted by Gasteiger charge is -2.11. The maximum absolute atomic E-state index is 11.9. The van der Waals surface area contributed by atoms with Gasteiger partial charge in [-0.1, -0.05) is 41.4 Å². The highest BCUT2D eigenvalue weighted by Crippen LogP contribution is 2.30. The van der Waals surface area contributed by atoms with E-state index < -0.39 is 17.6 Å². The monoisotopic (exact) mass is 346 g/mol. The normalized spacial score (nSPS) is 11.4. The van der Waals surface area contributed by atoms with Gasteiger partial charge in [0.15, 0.2) is 11.7 Å². The van der Waals surface area contributed by atoms with Gasteiger partial charge in [0.25, 0.3) is 0 Å². The van der Waals surface area contributed by atoms with Gasteiger partial charge in [0.1, 0.15) is 0 Å². The van der Waals surface area contributed by atoms with Crippen LogP contribution in [0, 0.1) is 17.2 Å². The topological polar surface area (TPSA) is 70.0 Å². The Morgan fingerprint density at radius 1 is 1.13 bits per heavy atom. The third-order valence-corrected chi connectivity index (χ3v) is 3.73. The zero-order valence-corrected chi connectivity index (χ0v) is 13.7. The van der Waals surface area contributed by atoms with Crippen molar-refractivity contribution in [2.75, 3.05) is 5.32 Å². The first-order valence-corrected chi connectivity index (χ1v) is 7.44. The molecule has 1 unspecified atom stereocenters. The molecule has 0 bridgehead atoms. The maximum atomic E-state index is 11.9. The Hall–Kier alpha value is -2.35. The number of benzene rings is 2. The number of rotatable bonds is 4. The third kappa shape index (κ3) is 4.10. The molecule has 0 aliphatic rings. The summed E-state index contributed by atoms with van der Waals surface area (Å²) in [6.45, 7) is 1.19. The number of carbonyl (C=O) groups excluding carboxylic acids is 2. The van der Waals surface area contributed by atoms with Gasteiger partial charge in [0.2, 0.25) is 5.91 Å². The Bertz CT molecular complexity index is 812. The van der Waals surface area contributed by atoms with Crippen molar-refractivity contribution in [3.63, 3.8) is 0 Å². The van der Waals surface area contributed by atoms with E-state index in [1.165, 1.54) is 6.92 Å². The van der Waals surface area contributed by atoms with Crippen LogP contribution < -0.4 is 5.32 Å². The number of halogens is 2. The SMILES string of the molecule is CC(=O)C(C#N)C(=O)Nc1ccc(-c2cccc(Cl)c2)cc1Cl. The summed E-state index contributed by atoms with van der Waals surface area (Å²) in [5.41, 5.74) is 2.05. The molecule has 0 saturated heterocycles. The van der Waals surface area contributed by atoms with Crippen molar-refractivity contribution < 1.29 is 9.59 Å². The number of Topliss-reactive ketones (excluding diaryl/α,β-unsaturated/α-hetero) is 1. The van der Waals surface area contributed by atoms with E-state index in [-0.39, 0.29) is 0 Å². The molecule has 2 aromatic carbocycles. The van der Waals surface area contributed by atoms with Crippen molar-refractivity contribution in [2.24, 2.45) is 5.92 Å². The molecule has 6 heteroatoms. The predicted octanol–water partition coefficient (Wildman–Crippen LogP) is 4.33. The predicted molar refractivity (Wildman–Crippen MR) is 90.3 cm³/mol. The van der Waals surface area contributed by atoms with E-state index in [0.717, 1.165) is 11.1 Å². The van der Waals surface area contributed by atoms with E-state index in [9.17, 15) is 9.59 Å². The van der Waals surface area contributed by atoms with E-state index in [0.29, 0.717) is 15.7 Å². The molecule has 4 nitrogen and oxygen atoms in total. The van der Waals surface area contributed by atoms with Crippen LogP contribution in [0.15, 0.2) is 42.5 Å².